The van der Waals surface area contributed by atoms with Crippen LogP contribution in [0, 0.1) is 17.1 Å². The van der Waals surface area contributed by atoms with Gasteiger partial charge in [-0.15, -0.1) is 0 Å². The van der Waals surface area contributed by atoms with Crippen LogP contribution in [-0.2, 0) is 6.61 Å². The Hall–Kier alpha value is -5.40. The van der Waals surface area contributed by atoms with Crippen LogP contribution < -0.4 is 14.8 Å². The summed E-state index contributed by atoms with van der Waals surface area (Å²) < 4.78 is 25.6. The molecule has 11 heteroatoms. The van der Waals surface area contributed by atoms with Gasteiger partial charge >= 0.3 is 0 Å². The molecule has 0 atom stereocenters. The second-order valence-corrected chi connectivity index (χ2v) is 8.96. The van der Waals surface area contributed by atoms with E-state index in [2.05, 4.69) is 30.2 Å². The highest BCUT2D eigenvalue weighted by Crippen LogP contribution is 2.35. The molecule has 3 aromatic carbocycles. The molecule has 0 saturated carbocycles. The van der Waals surface area contributed by atoms with Crippen LogP contribution in [-0.4, -0.2) is 32.0 Å². The van der Waals surface area contributed by atoms with E-state index < -0.39 is 5.82 Å². The lowest BCUT2D eigenvalue weighted by Gasteiger charge is -2.14. The lowest BCUT2D eigenvalue weighted by Crippen LogP contribution is -2.01. The van der Waals surface area contributed by atoms with Crippen LogP contribution in [0.15, 0.2) is 91.8 Å². The highest BCUT2D eigenvalue weighted by Gasteiger charge is 2.13. The second kappa shape index (κ2) is 12.6. The predicted molar refractivity (Wildman–Crippen MR) is 154 cm³/mol. The monoisotopic (exact) mass is 565 g/mol. The molecule has 3 aromatic heterocycles. The first kappa shape index (κ1) is 27.2. The number of nitriles is 1. The van der Waals surface area contributed by atoms with E-state index in [-0.39, 0.29) is 12.3 Å². The molecular formula is C30H21ClFN7O2. The molecular weight excluding hydrogens is 545 g/mol. The molecule has 41 heavy (non-hydrogen) atoms. The number of benzene rings is 3. The number of hydrogen-bond acceptors (Lipinski definition) is 9. The Morgan fingerprint density at radius 3 is 2.59 bits per heavy atom. The normalized spacial score (nSPS) is 10.4. The number of halogens is 2. The Morgan fingerprint density at radius 1 is 0.927 bits per heavy atom. The smallest absolute Gasteiger partial charge is 0.163 e. The van der Waals surface area contributed by atoms with Crippen molar-refractivity contribution >= 4 is 44.9 Å². The molecule has 202 valence electrons. The summed E-state index contributed by atoms with van der Waals surface area (Å²) >= 11 is 5.82. The van der Waals surface area contributed by atoms with Gasteiger partial charge in [0.2, 0.25) is 0 Å². The minimum atomic E-state index is -0.500. The van der Waals surface area contributed by atoms with Gasteiger partial charge in [0.05, 0.1) is 23.8 Å². The van der Waals surface area contributed by atoms with E-state index >= 15 is 0 Å². The molecule has 0 aliphatic heterocycles. The van der Waals surface area contributed by atoms with Gasteiger partial charge in [-0.1, -0.05) is 29.8 Å². The Kier molecular flexibility index (Phi) is 8.38. The van der Waals surface area contributed by atoms with Crippen LogP contribution in [0.3, 0.4) is 0 Å². The maximum Gasteiger partial charge on any atom is 0.163 e. The molecule has 0 saturated heterocycles. The topological polar surface area (TPSA) is 119 Å². The van der Waals surface area contributed by atoms with Gasteiger partial charge in [-0.05, 0) is 48.0 Å². The van der Waals surface area contributed by atoms with Crippen molar-refractivity contribution in [2.45, 2.75) is 6.61 Å². The van der Waals surface area contributed by atoms with E-state index in [4.69, 9.17) is 26.3 Å². The third kappa shape index (κ3) is 6.61. The van der Waals surface area contributed by atoms with Crippen LogP contribution in [0.5, 0.6) is 11.5 Å². The van der Waals surface area contributed by atoms with Gasteiger partial charge in [-0.3, -0.25) is 0 Å². The summed E-state index contributed by atoms with van der Waals surface area (Å²) in [5.41, 5.74) is 2.91. The summed E-state index contributed by atoms with van der Waals surface area (Å²) in [7, 11) is 1.52. The maximum absolute atomic E-state index is 14.2. The van der Waals surface area contributed by atoms with E-state index in [0.717, 1.165) is 16.5 Å². The number of rotatable bonds is 6. The fraction of sp³-hybridized carbons (Fsp3) is 0.0667. The first-order chi connectivity index (χ1) is 20.0. The zero-order chi connectivity index (χ0) is 28.6. The minimum Gasteiger partial charge on any atom is -0.493 e. The Balaban J connectivity index is 0.000000282. The van der Waals surface area contributed by atoms with Gasteiger partial charge in [-0.25, -0.2) is 29.3 Å². The van der Waals surface area contributed by atoms with Crippen molar-refractivity contribution in [3.8, 4) is 17.6 Å². The molecule has 0 amide bonds. The van der Waals surface area contributed by atoms with Gasteiger partial charge in [0, 0.05) is 34.3 Å². The van der Waals surface area contributed by atoms with Crippen LogP contribution >= 0.6 is 11.6 Å². The Labute approximate surface area is 239 Å². The molecule has 3 heterocycles. The van der Waals surface area contributed by atoms with Crippen LogP contribution in [0.25, 0.3) is 21.8 Å². The van der Waals surface area contributed by atoms with Crippen LogP contribution in [0.2, 0.25) is 5.02 Å². The molecule has 9 nitrogen and oxygen atoms in total. The average Bonchev–Trinajstić information content (AvgIpc) is 3.01. The standard InChI is InChI=1S/C22H15ClFN5O2.C8H6N2/c1-30-20-8-16-19(9-21(20)31-11-13-4-5-26-15(6-13)10-25)27-12-28-22(16)29-18-3-2-14(23)7-17(18)24;1-2-4-8-7(3-1)5-9-6-10-8/h2-9,12H,11H2,1H3,(H,27,28,29);1-6H. The van der Waals surface area contributed by atoms with E-state index in [1.165, 1.54) is 25.6 Å². The van der Waals surface area contributed by atoms with Crippen molar-refractivity contribution in [3.63, 3.8) is 0 Å². The predicted octanol–water partition coefficient (Wildman–Crippen LogP) is 6.65. The maximum atomic E-state index is 14.2. The van der Waals surface area contributed by atoms with Crippen molar-refractivity contribution in [1.29, 1.82) is 5.26 Å². The number of hydrogen-bond donors (Lipinski definition) is 1. The summed E-state index contributed by atoms with van der Waals surface area (Å²) in [4.78, 5) is 20.4. The first-order valence-electron chi connectivity index (χ1n) is 12.2. The third-order valence-electron chi connectivity index (χ3n) is 5.85. The fourth-order valence-corrected chi connectivity index (χ4v) is 4.02. The van der Waals surface area contributed by atoms with Gasteiger partial charge in [0.25, 0.3) is 0 Å². The quantitative estimate of drug-likeness (QED) is 0.237. The molecule has 0 fully saturated rings. The highest BCUT2D eigenvalue weighted by molar-refractivity contribution is 6.30. The third-order valence-corrected chi connectivity index (χ3v) is 6.09. The number of nitrogens with one attached hydrogen (secondary N) is 1. The molecule has 0 aliphatic rings. The number of para-hydroxylation sites is 1. The molecule has 1 N–H and O–H groups in total. The van der Waals surface area contributed by atoms with Crippen LogP contribution in [0.1, 0.15) is 11.3 Å². The molecule has 6 rings (SSSR count). The largest absolute Gasteiger partial charge is 0.493 e. The molecule has 0 bridgehead atoms. The number of methoxy groups -OCH3 is 1. The van der Waals surface area contributed by atoms with E-state index in [1.807, 2.05) is 36.5 Å². The van der Waals surface area contributed by atoms with Crippen molar-refractivity contribution in [2.75, 3.05) is 12.4 Å². The number of pyridine rings is 1. The average molecular weight is 566 g/mol. The van der Waals surface area contributed by atoms with Crippen molar-refractivity contribution < 1.29 is 13.9 Å². The van der Waals surface area contributed by atoms with Crippen molar-refractivity contribution in [3.05, 3.63) is 114 Å². The summed E-state index contributed by atoms with van der Waals surface area (Å²) in [5.74, 6) is 0.827. The first-order valence-corrected chi connectivity index (χ1v) is 12.6. The minimum absolute atomic E-state index is 0.214. The number of aromatic nitrogens is 5. The Bertz CT molecular complexity index is 1820. The van der Waals surface area contributed by atoms with E-state index in [9.17, 15) is 4.39 Å². The van der Waals surface area contributed by atoms with Crippen molar-refractivity contribution in [1.82, 2.24) is 24.9 Å². The lowest BCUT2D eigenvalue weighted by atomic mass is 10.2. The molecule has 0 unspecified atom stereocenters. The highest BCUT2D eigenvalue weighted by atomic mass is 35.5. The zero-order valence-electron chi connectivity index (χ0n) is 21.6. The number of nitrogens with zero attached hydrogens (tertiary/aromatic N) is 6. The van der Waals surface area contributed by atoms with Gasteiger partial charge in [0.1, 0.15) is 42.7 Å². The van der Waals surface area contributed by atoms with Gasteiger partial charge in [0.15, 0.2) is 11.5 Å². The van der Waals surface area contributed by atoms with Gasteiger partial charge in [-0.2, -0.15) is 5.26 Å². The number of ether oxygens (including phenoxy) is 2. The molecule has 0 aliphatic carbocycles. The summed E-state index contributed by atoms with van der Waals surface area (Å²) in [6, 6.07) is 21.1. The molecule has 0 radical (unpaired) electrons. The SMILES string of the molecule is COc1cc2c(Nc3ccc(Cl)cc3F)ncnc2cc1OCc1ccnc(C#N)c1.c1ccc2ncncc2c1. The Morgan fingerprint density at radius 2 is 1.78 bits per heavy atom. The second-order valence-electron chi connectivity index (χ2n) is 8.52. The summed E-state index contributed by atoms with van der Waals surface area (Å²) in [6.45, 7) is 0.214. The summed E-state index contributed by atoms with van der Waals surface area (Å²) in [5, 5.41) is 14.0. The van der Waals surface area contributed by atoms with Crippen molar-refractivity contribution in [2.24, 2.45) is 0 Å². The number of fused-ring (bicyclic) bond motifs is 2. The zero-order valence-corrected chi connectivity index (χ0v) is 22.4. The summed E-state index contributed by atoms with van der Waals surface area (Å²) in [6.07, 6.45) is 6.29. The molecule has 6 aromatic rings. The lowest BCUT2D eigenvalue weighted by molar-refractivity contribution is 0.285. The van der Waals surface area contributed by atoms with E-state index in [1.54, 1.807) is 42.9 Å². The van der Waals surface area contributed by atoms with E-state index in [0.29, 0.717) is 38.9 Å². The van der Waals surface area contributed by atoms with Crippen LogP contribution in [0.4, 0.5) is 15.9 Å². The van der Waals surface area contributed by atoms with Gasteiger partial charge < -0.3 is 14.8 Å². The molecule has 0 spiro atoms. The number of anilines is 2. The fourth-order valence-electron chi connectivity index (χ4n) is 3.86.